The van der Waals surface area contributed by atoms with E-state index in [0.29, 0.717) is 24.5 Å². The van der Waals surface area contributed by atoms with Crippen LogP contribution in [0.25, 0.3) is 33.5 Å². The number of amides is 1. The summed E-state index contributed by atoms with van der Waals surface area (Å²) in [6.45, 7) is 6.97. The molecule has 0 spiro atoms. The fourth-order valence-electron chi connectivity index (χ4n) is 5.10. The van der Waals surface area contributed by atoms with Gasteiger partial charge in [-0.2, -0.15) is 5.10 Å². The molecule has 3 aromatic carbocycles. The van der Waals surface area contributed by atoms with Crippen LogP contribution in [0.15, 0.2) is 72.9 Å². The molecule has 1 atom stereocenters. The highest BCUT2D eigenvalue weighted by Crippen LogP contribution is 2.39. The van der Waals surface area contributed by atoms with Crippen LogP contribution in [0.3, 0.4) is 0 Å². The third-order valence-electron chi connectivity index (χ3n) is 6.89. The van der Waals surface area contributed by atoms with E-state index in [1.807, 2.05) is 68.7 Å². The summed E-state index contributed by atoms with van der Waals surface area (Å²) in [7, 11) is 2.00. The van der Waals surface area contributed by atoms with Gasteiger partial charge in [0.1, 0.15) is 11.6 Å². The molecule has 5 rings (SSSR count). The minimum atomic E-state index is -0.669. The summed E-state index contributed by atoms with van der Waals surface area (Å²) in [5.74, 6) is 0.964. The number of aliphatic hydroxyl groups excluding tert-OH is 1. The zero-order valence-electron chi connectivity index (χ0n) is 22.6. The lowest BCUT2D eigenvalue weighted by molar-refractivity contribution is 0.1000. The molecule has 0 saturated carbocycles. The quantitative estimate of drug-likeness (QED) is 0.267. The summed E-state index contributed by atoms with van der Waals surface area (Å²) in [6.07, 6.45) is 1.31. The van der Waals surface area contributed by atoms with E-state index in [-0.39, 0.29) is 5.92 Å². The number of primary amides is 1. The number of rotatable bonds is 9. The normalized spacial score (nSPS) is 12.3. The summed E-state index contributed by atoms with van der Waals surface area (Å²) in [6, 6.07) is 20.8. The van der Waals surface area contributed by atoms with Crippen molar-refractivity contribution in [1.29, 1.82) is 0 Å². The molecule has 0 fully saturated rings. The molecule has 1 amide bonds. The van der Waals surface area contributed by atoms with Gasteiger partial charge in [0, 0.05) is 35.5 Å². The zero-order chi connectivity index (χ0) is 27.7. The van der Waals surface area contributed by atoms with Gasteiger partial charge in [0.05, 0.1) is 36.0 Å². The van der Waals surface area contributed by atoms with E-state index in [1.54, 1.807) is 16.8 Å². The predicted molar refractivity (Wildman–Crippen MR) is 153 cm³/mol. The lowest BCUT2D eigenvalue weighted by Crippen LogP contribution is -2.11. The molecular formula is C31H33N5O3. The van der Waals surface area contributed by atoms with E-state index in [1.165, 1.54) is 0 Å². The molecule has 8 nitrogen and oxygen atoms in total. The molecular weight excluding hydrogens is 490 g/mol. The van der Waals surface area contributed by atoms with Crippen molar-refractivity contribution in [3.05, 3.63) is 89.7 Å². The van der Waals surface area contributed by atoms with Gasteiger partial charge in [-0.25, -0.2) is 4.98 Å². The average molecular weight is 524 g/mol. The third-order valence-corrected chi connectivity index (χ3v) is 6.89. The minimum absolute atomic E-state index is 0.178. The molecule has 2 aromatic heterocycles. The Kier molecular flexibility index (Phi) is 7.21. The van der Waals surface area contributed by atoms with Crippen molar-refractivity contribution in [2.75, 3.05) is 6.61 Å². The number of carbonyl (C=O) groups excluding carboxylic acids is 1. The topological polar surface area (TPSA) is 108 Å². The molecule has 0 aliphatic heterocycles. The molecule has 0 aliphatic rings. The largest absolute Gasteiger partial charge is 0.493 e. The Balaban J connectivity index is 1.61. The van der Waals surface area contributed by atoms with Crippen LogP contribution in [-0.2, 0) is 13.6 Å². The Morgan fingerprint density at radius 3 is 2.51 bits per heavy atom. The second kappa shape index (κ2) is 10.7. The smallest absolute Gasteiger partial charge is 0.248 e. The number of ether oxygens (including phenoxy) is 1. The SMILES string of the molecule is CCOc1cc(C(N)=O)ccc1-c1nc(-c2cccc3nn(C[C@H](O)c4ccccc4)cc23)c(C(C)C)n1C. The fourth-order valence-corrected chi connectivity index (χ4v) is 5.10. The van der Waals surface area contributed by atoms with Crippen LogP contribution < -0.4 is 10.5 Å². The highest BCUT2D eigenvalue weighted by molar-refractivity contribution is 5.95. The van der Waals surface area contributed by atoms with E-state index in [0.717, 1.165) is 44.8 Å². The molecule has 8 heteroatoms. The number of nitrogens with zero attached hydrogens (tertiary/aromatic N) is 4. The highest BCUT2D eigenvalue weighted by Gasteiger charge is 2.24. The maximum atomic E-state index is 11.8. The van der Waals surface area contributed by atoms with E-state index >= 15 is 0 Å². The first-order valence-electron chi connectivity index (χ1n) is 13.1. The Bertz CT molecular complexity index is 1640. The molecule has 0 bridgehead atoms. The summed E-state index contributed by atoms with van der Waals surface area (Å²) >= 11 is 0. The molecule has 0 saturated heterocycles. The van der Waals surface area contributed by atoms with Gasteiger partial charge >= 0.3 is 0 Å². The number of nitrogens with two attached hydrogens (primary N) is 1. The number of imidazole rings is 1. The van der Waals surface area contributed by atoms with E-state index in [2.05, 4.69) is 24.5 Å². The van der Waals surface area contributed by atoms with Crippen LogP contribution in [0.5, 0.6) is 5.75 Å². The van der Waals surface area contributed by atoms with E-state index < -0.39 is 12.0 Å². The molecule has 5 aromatic rings. The van der Waals surface area contributed by atoms with Gasteiger partial charge in [-0.05, 0) is 42.7 Å². The highest BCUT2D eigenvalue weighted by atomic mass is 16.5. The molecule has 3 N–H and O–H groups in total. The van der Waals surface area contributed by atoms with Crippen LogP contribution in [-0.4, -0.2) is 37.0 Å². The molecule has 2 heterocycles. The zero-order valence-corrected chi connectivity index (χ0v) is 22.6. The maximum absolute atomic E-state index is 11.8. The van der Waals surface area contributed by atoms with Gasteiger partial charge in [0.2, 0.25) is 5.91 Å². The maximum Gasteiger partial charge on any atom is 0.248 e. The van der Waals surface area contributed by atoms with Gasteiger partial charge in [-0.15, -0.1) is 0 Å². The van der Waals surface area contributed by atoms with Gasteiger partial charge in [0.15, 0.2) is 0 Å². The number of benzene rings is 3. The first kappa shape index (κ1) is 26.2. The van der Waals surface area contributed by atoms with Crippen molar-refractivity contribution < 1.29 is 14.6 Å². The van der Waals surface area contributed by atoms with Crippen molar-refractivity contribution >= 4 is 16.8 Å². The number of aromatic nitrogens is 4. The summed E-state index contributed by atoms with van der Waals surface area (Å²) in [5, 5.41) is 16.5. The Hall–Kier alpha value is -4.43. The van der Waals surface area contributed by atoms with Crippen LogP contribution >= 0.6 is 0 Å². The lowest BCUT2D eigenvalue weighted by atomic mass is 10.0. The number of fused-ring (bicyclic) bond motifs is 1. The lowest BCUT2D eigenvalue weighted by Gasteiger charge is -2.13. The third kappa shape index (κ3) is 5.03. The molecule has 0 radical (unpaired) electrons. The van der Waals surface area contributed by atoms with Crippen LogP contribution in [0.1, 0.15) is 54.4 Å². The van der Waals surface area contributed by atoms with Crippen LogP contribution in [0.4, 0.5) is 0 Å². The molecule has 0 unspecified atom stereocenters. The van der Waals surface area contributed by atoms with Crippen molar-refractivity contribution in [1.82, 2.24) is 19.3 Å². The number of aliphatic hydroxyl groups is 1. The molecule has 39 heavy (non-hydrogen) atoms. The van der Waals surface area contributed by atoms with E-state index in [4.69, 9.17) is 20.6 Å². The van der Waals surface area contributed by atoms with Gasteiger partial charge in [0.25, 0.3) is 0 Å². The monoisotopic (exact) mass is 523 g/mol. The van der Waals surface area contributed by atoms with Gasteiger partial charge in [-0.1, -0.05) is 56.3 Å². The van der Waals surface area contributed by atoms with Crippen molar-refractivity contribution in [3.8, 4) is 28.4 Å². The number of hydrogen-bond donors (Lipinski definition) is 2. The average Bonchev–Trinajstić information content (AvgIpc) is 3.49. The fraction of sp³-hybridized carbons (Fsp3) is 0.258. The van der Waals surface area contributed by atoms with Crippen LogP contribution in [0.2, 0.25) is 0 Å². The Morgan fingerprint density at radius 1 is 1.05 bits per heavy atom. The summed E-state index contributed by atoms with van der Waals surface area (Å²) < 4.78 is 9.78. The predicted octanol–water partition coefficient (Wildman–Crippen LogP) is 5.46. The van der Waals surface area contributed by atoms with Crippen molar-refractivity contribution in [2.24, 2.45) is 12.8 Å². The van der Waals surface area contributed by atoms with Gasteiger partial charge < -0.3 is 20.1 Å². The first-order chi connectivity index (χ1) is 18.8. The minimum Gasteiger partial charge on any atom is -0.493 e. The molecule has 200 valence electrons. The first-order valence-corrected chi connectivity index (χ1v) is 13.1. The Morgan fingerprint density at radius 2 is 1.82 bits per heavy atom. The second-order valence-corrected chi connectivity index (χ2v) is 9.91. The van der Waals surface area contributed by atoms with E-state index in [9.17, 15) is 9.90 Å². The number of carbonyl (C=O) groups is 1. The molecule has 0 aliphatic carbocycles. The summed E-state index contributed by atoms with van der Waals surface area (Å²) in [4.78, 5) is 16.9. The Labute approximate surface area is 227 Å². The van der Waals surface area contributed by atoms with Gasteiger partial charge in [-0.3, -0.25) is 9.48 Å². The van der Waals surface area contributed by atoms with Crippen molar-refractivity contribution in [2.45, 2.75) is 39.3 Å². The standard InChI is InChI=1S/C31H33N5O3/c1-5-39-27-16-21(30(32)38)14-15-23(27)31-33-28(29(19(2)3)35(31)4)22-12-9-13-25-24(22)17-36(34-25)18-26(37)20-10-7-6-8-11-20/h6-17,19,26,37H,5,18H2,1-4H3,(H2,32,38)/t26-/m0/s1. The van der Waals surface area contributed by atoms with Crippen molar-refractivity contribution in [3.63, 3.8) is 0 Å². The van der Waals surface area contributed by atoms with Crippen LogP contribution in [0, 0.1) is 0 Å². The summed E-state index contributed by atoms with van der Waals surface area (Å²) in [5.41, 5.74) is 11.3. The second-order valence-electron chi connectivity index (χ2n) is 9.91. The number of hydrogen-bond acceptors (Lipinski definition) is 5.